The number of para-hydroxylation sites is 1. The van der Waals surface area contributed by atoms with Gasteiger partial charge in [0.15, 0.2) is 0 Å². The zero-order chi connectivity index (χ0) is 27.6. The van der Waals surface area contributed by atoms with E-state index in [2.05, 4.69) is 0 Å². The minimum absolute atomic E-state index is 0.117. The van der Waals surface area contributed by atoms with Crippen LogP contribution in [0.3, 0.4) is 0 Å². The molecule has 3 aromatic rings. The number of aliphatic hydroxyl groups is 2. The van der Waals surface area contributed by atoms with Gasteiger partial charge >= 0.3 is 5.63 Å². The third-order valence-electron chi connectivity index (χ3n) is 6.99. The quantitative estimate of drug-likeness (QED) is 0.281. The first kappa shape index (κ1) is 28.2. The molecule has 38 heavy (non-hydrogen) atoms. The van der Waals surface area contributed by atoms with Crippen LogP contribution in [0.5, 0.6) is 5.75 Å². The third-order valence-corrected chi connectivity index (χ3v) is 6.99. The summed E-state index contributed by atoms with van der Waals surface area (Å²) in [4.78, 5) is 24.5. The van der Waals surface area contributed by atoms with Gasteiger partial charge in [0.25, 0.3) is 0 Å². The van der Waals surface area contributed by atoms with E-state index in [1.54, 1.807) is 45.0 Å². The number of hydrogen-bond acceptors (Lipinski definition) is 10. The highest BCUT2D eigenvalue weighted by molar-refractivity contribution is 5.84. The Morgan fingerprint density at radius 1 is 1.03 bits per heavy atom. The highest BCUT2D eigenvalue weighted by Crippen LogP contribution is 2.38. The summed E-state index contributed by atoms with van der Waals surface area (Å²) in [7, 11) is 2.82. The van der Waals surface area contributed by atoms with Crippen LogP contribution in [0.15, 0.2) is 63.8 Å². The van der Waals surface area contributed by atoms with Crippen molar-refractivity contribution in [3.05, 3.63) is 76.1 Å². The molecular formula is C28H35NO9. The Balaban J connectivity index is 1.64. The number of benzene rings is 2. The van der Waals surface area contributed by atoms with E-state index in [1.807, 2.05) is 30.3 Å². The molecule has 0 saturated carbocycles. The highest BCUT2D eigenvalue weighted by Gasteiger charge is 2.51. The van der Waals surface area contributed by atoms with E-state index < -0.39 is 47.8 Å². The molecule has 1 aliphatic heterocycles. The van der Waals surface area contributed by atoms with Crippen LogP contribution in [0.2, 0.25) is 0 Å². The van der Waals surface area contributed by atoms with Gasteiger partial charge in [-0.2, -0.15) is 0 Å². The molecule has 2 aromatic carbocycles. The summed E-state index contributed by atoms with van der Waals surface area (Å²) >= 11 is 0. The monoisotopic (exact) mass is 529 g/mol. The summed E-state index contributed by atoms with van der Waals surface area (Å²) in [5, 5.41) is 34.0. The first-order chi connectivity index (χ1) is 18.1. The van der Waals surface area contributed by atoms with E-state index in [4.69, 9.17) is 23.6 Å². The van der Waals surface area contributed by atoms with Crippen molar-refractivity contribution in [2.24, 2.45) is 0 Å². The summed E-state index contributed by atoms with van der Waals surface area (Å²) in [5.74, 6) is -0.741. The summed E-state index contributed by atoms with van der Waals surface area (Å²) < 4.78 is 16.8. The second-order valence-corrected chi connectivity index (χ2v) is 10.00. The van der Waals surface area contributed by atoms with Gasteiger partial charge in [-0.25, -0.2) is 9.63 Å². The Hall–Kier alpha value is -2.83. The molecule has 3 N–H and O–H groups in total. The fraction of sp³-hybridized carbons (Fsp3) is 0.464. The van der Waals surface area contributed by atoms with Gasteiger partial charge in [0.05, 0.1) is 29.7 Å². The van der Waals surface area contributed by atoms with E-state index in [-0.39, 0.29) is 17.7 Å². The zero-order valence-corrected chi connectivity index (χ0v) is 22.1. The molecule has 10 nitrogen and oxygen atoms in total. The van der Waals surface area contributed by atoms with Crippen LogP contribution >= 0.6 is 0 Å². The highest BCUT2D eigenvalue weighted by atomic mass is 17.0. The van der Waals surface area contributed by atoms with Gasteiger partial charge in [0, 0.05) is 13.0 Å². The standard InChI is InChI=1S/C28H35NO9/c1-16(29(35-5)38-27-24(32)23(31)25(34-4)28(2,3)37-27)15-19(17-11-7-6-8-12-17)21-22(30)18-13-9-10-14-20(18)36-26(21)33/h6-14,16,19,23-25,27,30-32H,15H2,1-5H3/t16?,19?,23-,24+,25-,27?/m0/s1. The summed E-state index contributed by atoms with van der Waals surface area (Å²) in [5.41, 5.74) is -0.426. The molecule has 1 saturated heterocycles. The normalized spacial score (nSPS) is 24.9. The molecule has 0 bridgehead atoms. The van der Waals surface area contributed by atoms with Crippen molar-refractivity contribution in [2.45, 2.75) is 69.4 Å². The molecule has 0 spiro atoms. The number of nitrogens with zero attached hydrogens (tertiary/aromatic N) is 1. The molecular weight excluding hydrogens is 494 g/mol. The lowest BCUT2D eigenvalue weighted by Gasteiger charge is -2.47. The smallest absolute Gasteiger partial charge is 0.343 e. The number of methoxy groups -OCH3 is 1. The Bertz CT molecular complexity index is 1280. The average molecular weight is 530 g/mol. The van der Waals surface area contributed by atoms with E-state index in [0.717, 1.165) is 10.8 Å². The second-order valence-electron chi connectivity index (χ2n) is 10.00. The lowest BCUT2D eigenvalue weighted by Crippen LogP contribution is -2.64. The Morgan fingerprint density at radius 3 is 2.34 bits per heavy atom. The predicted molar refractivity (Wildman–Crippen MR) is 138 cm³/mol. The number of aliphatic hydroxyl groups excluding tert-OH is 2. The maximum Gasteiger partial charge on any atom is 0.343 e. The molecule has 0 radical (unpaired) electrons. The molecule has 1 aromatic heterocycles. The first-order valence-electron chi connectivity index (χ1n) is 12.5. The molecule has 206 valence electrons. The lowest BCUT2D eigenvalue weighted by molar-refractivity contribution is -0.461. The van der Waals surface area contributed by atoms with Crippen LogP contribution in [-0.4, -0.2) is 71.0 Å². The zero-order valence-electron chi connectivity index (χ0n) is 22.1. The van der Waals surface area contributed by atoms with Gasteiger partial charge in [-0.3, -0.25) is 4.84 Å². The van der Waals surface area contributed by atoms with Crippen LogP contribution in [-0.2, 0) is 19.1 Å². The Kier molecular flexibility index (Phi) is 8.53. The van der Waals surface area contributed by atoms with Crippen molar-refractivity contribution < 1.29 is 38.9 Å². The number of aromatic hydroxyl groups is 1. The van der Waals surface area contributed by atoms with Crippen molar-refractivity contribution in [1.29, 1.82) is 0 Å². The molecule has 0 amide bonds. The Morgan fingerprint density at radius 2 is 1.68 bits per heavy atom. The van der Waals surface area contributed by atoms with Crippen molar-refractivity contribution in [1.82, 2.24) is 5.23 Å². The van der Waals surface area contributed by atoms with E-state index in [1.165, 1.54) is 14.2 Å². The average Bonchev–Trinajstić information content (AvgIpc) is 2.89. The molecule has 2 heterocycles. The van der Waals surface area contributed by atoms with Gasteiger partial charge in [0.2, 0.25) is 6.29 Å². The van der Waals surface area contributed by atoms with Crippen LogP contribution in [0.1, 0.15) is 44.2 Å². The molecule has 3 unspecified atom stereocenters. The maximum atomic E-state index is 13.1. The minimum atomic E-state index is -1.42. The van der Waals surface area contributed by atoms with Crippen molar-refractivity contribution in [3.63, 3.8) is 0 Å². The van der Waals surface area contributed by atoms with Crippen molar-refractivity contribution >= 4 is 11.0 Å². The summed E-state index contributed by atoms with van der Waals surface area (Å²) in [6.45, 7) is 5.24. The van der Waals surface area contributed by atoms with Crippen LogP contribution in [0.25, 0.3) is 11.0 Å². The van der Waals surface area contributed by atoms with Crippen molar-refractivity contribution in [3.8, 4) is 5.75 Å². The summed E-state index contributed by atoms with van der Waals surface area (Å²) in [6, 6.07) is 15.6. The molecule has 0 aliphatic carbocycles. The van der Waals surface area contributed by atoms with Gasteiger partial charge in [-0.1, -0.05) is 47.7 Å². The topological polar surface area (TPSA) is 131 Å². The van der Waals surface area contributed by atoms with Crippen molar-refractivity contribution in [2.75, 3.05) is 14.2 Å². The molecule has 1 aliphatic rings. The fourth-order valence-electron chi connectivity index (χ4n) is 5.11. The summed E-state index contributed by atoms with van der Waals surface area (Å²) in [6.07, 6.45) is -4.46. The minimum Gasteiger partial charge on any atom is -0.507 e. The van der Waals surface area contributed by atoms with E-state index in [9.17, 15) is 20.1 Å². The third kappa shape index (κ3) is 5.48. The molecule has 10 heteroatoms. The Labute approximate surface area is 220 Å². The van der Waals surface area contributed by atoms with E-state index in [0.29, 0.717) is 11.0 Å². The van der Waals surface area contributed by atoms with Crippen LogP contribution in [0, 0.1) is 0 Å². The van der Waals surface area contributed by atoms with Gasteiger partial charge in [0.1, 0.15) is 29.6 Å². The largest absolute Gasteiger partial charge is 0.507 e. The number of hydroxylamine groups is 2. The number of rotatable bonds is 9. The number of ether oxygens (including phenoxy) is 2. The van der Waals surface area contributed by atoms with Crippen LogP contribution < -0.4 is 5.63 Å². The van der Waals surface area contributed by atoms with Crippen LogP contribution in [0.4, 0.5) is 0 Å². The SMILES string of the molecule is CO[C@H]1[C@@H](O)[C@@H](O)C(ON(OC)C(C)CC(c2ccccc2)c2c(O)c3ccccc3oc2=O)OC1(C)C. The lowest BCUT2D eigenvalue weighted by atomic mass is 9.86. The maximum absolute atomic E-state index is 13.1. The van der Waals surface area contributed by atoms with Gasteiger partial charge < -0.3 is 29.2 Å². The fourth-order valence-corrected chi connectivity index (χ4v) is 5.11. The molecule has 1 fully saturated rings. The number of hydrogen-bond donors (Lipinski definition) is 3. The van der Waals surface area contributed by atoms with Gasteiger partial charge in [-0.05, 0) is 44.9 Å². The number of fused-ring (bicyclic) bond motifs is 1. The predicted octanol–water partition coefficient (Wildman–Crippen LogP) is 3.08. The molecule has 6 atom stereocenters. The van der Waals surface area contributed by atoms with E-state index >= 15 is 0 Å². The second kappa shape index (κ2) is 11.5. The first-order valence-corrected chi connectivity index (χ1v) is 12.5. The van der Waals surface area contributed by atoms with Gasteiger partial charge in [-0.15, -0.1) is 0 Å². The molecule has 4 rings (SSSR count).